The van der Waals surface area contributed by atoms with Gasteiger partial charge in [-0.3, -0.25) is 9.78 Å². The number of hydrogen-bond acceptors (Lipinski definition) is 4. The van der Waals surface area contributed by atoms with Gasteiger partial charge in [0.15, 0.2) is 6.61 Å². The number of benzene rings is 1. The fourth-order valence-electron chi connectivity index (χ4n) is 2.10. The molecule has 2 aromatic heterocycles. The van der Waals surface area contributed by atoms with Crippen LogP contribution < -0.4 is 10.1 Å². The smallest absolute Gasteiger partial charge is 0.258 e. The number of pyridine rings is 1. The second-order valence-corrected chi connectivity index (χ2v) is 5.55. The summed E-state index contributed by atoms with van der Waals surface area (Å²) >= 11 is 5.80. The predicted molar refractivity (Wildman–Crippen MR) is 90.7 cm³/mol. The van der Waals surface area contributed by atoms with Crippen molar-refractivity contribution in [3.05, 3.63) is 71.9 Å². The SMILES string of the molecule is O=C(COc1ccc(Cl)cc1)NCc1cncc(-c2ccoc2)c1. The largest absolute Gasteiger partial charge is 0.484 e. The molecule has 122 valence electrons. The van der Waals surface area contributed by atoms with Crippen LogP contribution in [0.1, 0.15) is 5.56 Å². The first kappa shape index (κ1) is 16.1. The summed E-state index contributed by atoms with van der Waals surface area (Å²) in [6.45, 7) is 0.317. The number of carbonyl (C=O) groups excluding carboxylic acids is 1. The van der Waals surface area contributed by atoms with Gasteiger partial charge in [-0.2, -0.15) is 0 Å². The molecule has 1 aromatic carbocycles. The van der Waals surface area contributed by atoms with Crippen LogP contribution in [0.5, 0.6) is 5.75 Å². The van der Waals surface area contributed by atoms with E-state index in [4.69, 9.17) is 20.8 Å². The molecule has 2 heterocycles. The Bertz CT molecular complexity index is 801. The third-order valence-electron chi connectivity index (χ3n) is 3.32. The molecule has 0 saturated carbocycles. The van der Waals surface area contributed by atoms with Crippen LogP contribution in [-0.4, -0.2) is 17.5 Å². The Morgan fingerprint density at radius 1 is 1.17 bits per heavy atom. The minimum Gasteiger partial charge on any atom is -0.484 e. The number of aromatic nitrogens is 1. The van der Waals surface area contributed by atoms with Crippen molar-refractivity contribution in [1.82, 2.24) is 10.3 Å². The highest BCUT2D eigenvalue weighted by Gasteiger charge is 2.05. The van der Waals surface area contributed by atoms with Gasteiger partial charge >= 0.3 is 0 Å². The fraction of sp³-hybridized carbons (Fsp3) is 0.111. The van der Waals surface area contributed by atoms with Crippen LogP contribution in [0.3, 0.4) is 0 Å². The van der Waals surface area contributed by atoms with Crippen molar-refractivity contribution >= 4 is 17.5 Å². The zero-order chi connectivity index (χ0) is 16.8. The quantitative estimate of drug-likeness (QED) is 0.742. The molecule has 0 unspecified atom stereocenters. The van der Waals surface area contributed by atoms with Crippen LogP contribution in [0.15, 0.2) is 65.7 Å². The molecule has 0 saturated heterocycles. The van der Waals surface area contributed by atoms with E-state index in [1.807, 2.05) is 12.1 Å². The maximum atomic E-state index is 11.9. The molecule has 0 atom stereocenters. The zero-order valence-corrected chi connectivity index (χ0v) is 13.5. The molecule has 3 aromatic rings. The Hall–Kier alpha value is -2.79. The van der Waals surface area contributed by atoms with E-state index < -0.39 is 0 Å². The molecule has 5 nitrogen and oxygen atoms in total. The van der Waals surface area contributed by atoms with Gasteiger partial charge < -0.3 is 14.5 Å². The lowest BCUT2D eigenvalue weighted by atomic mass is 10.1. The first-order valence-electron chi connectivity index (χ1n) is 7.32. The van der Waals surface area contributed by atoms with Crippen LogP contribution in [0, 0.1) is 0 Å². The molecule has 0 spiro atoms. The minimum atomic E-state index is -0.210. The van der Waals surface area contributed by atoms with E-state index in [1.54, 1.807) is 49.2 Å². The summed E-state index contributed by atoms with van der Waals surface area (Å²) in [5.74, 6) is 0.386. The summed E-state index contributed by atoms with van der Waals surface area (Å²) in [5, 5.41) is 3.42. The second kappa shape index (κ2) is 7.66. The Morgan fingerprint density at radius 2 is 2.00 bits per heavy atom. The van der Waals surface area contributed by atoms with Crippen molar-refractivity contribution in [2.45, 2.75) is 6.54 Å². The average Bonchev–Trinajstić information content (AvgIpc) is 3.14. The van der Waals surface area contributed by atoms with Crippen molar-refractivity contribution in [1.29, 1.82) is 0 Å². The Morgan fingerprint density at radius 3 is 2.75 bits per heavy atom. The van der Waals surface area contributed by atoms with Crippen LogP contribution in [0.4, 0.5) is 0 Å². The summed E-state index contributed by atoms with van der Waals surface area (Å²) in [4.78, 5) is 16.1. The first-order valence-corrected chi connectivity index (χ1v) is 7.70. The first-order chi connectivity index (χ1) is 11.7. The number of rotatable bonds is 6. The average molecular weight is 343 g/mol. The van der Waals surface area contributed by atoms with E-state index in [9.17, 15) is 4.79 Å². The Kier molecular flexibility index (Phi) is 5.13. The van der Waals surface area contributed by atoms with Gasteiger partial charge in [0, 0.05) is 35.1 Å². The molecule has 0 radical (unpaired) electrons. The van der Waals surface area contributed by atoms with Gasteiger partial charge in [0.25, 0.3) is 5.91 Å². The normalized spacial score (nSPS) is 10.4. The topological polar surface area (TPSA) is 64.4 Å². The lowest BCUT2D eigenvalue weighted by Crippen LogP contribution is -2.28. The zero-order valence-electron chi connectivity index (χ0n) is 12.7. The van der Waals surface area contributed by atoms with Gasteiger partial charge in [-0.25, -0.2) is 0 Å². The maximum Gasteiger partial charge on any atom is 0.258 e. The molecule has 0 aliphatic carbocycles. The lowest BCUT2D eigenvalue weighted by Gasteiger charge is -2.08. The molecule has 0 aliphatic rings. The van der Waals surface area contributed by atoms with Crippen LogP contribution in [0.25, 0.3) is 11.1 Å². The molecule has 24 heavy (non-hydrogen) atoms. The van der Waals surface area contributed by atoms with Crippen LogP contribution in [-0.2, 0) is 11.3 Å². The van der Waals surface area contributed by atoms with Gasteiger partial charge in [0.05, 0.1) is 12.5 Å². The van der Waals surface area contributed by atoms with Crippen molar-refractivity contribution in [2.24, 2.45) is 0 Å². The highest BCUT2D eigenvalue weighted by molar-refractivity contribution is 6.30. The Balaban J connectivity index is 1.51. The van der Waals surface area contributed by atoms with Gasteiger partial charge in [0.1, 0.15) is 5.75 Å². The van der Waals surface area contributed by atoms with E-state index in [0.29, 0.717) is 17.3 Å². The van der Waals surface area contributed by atoms with Gasteiger partial charge in [-0.05, 0) is 42.0 Å². The number of ether oxygens (including phenoxy) is 1. The van der Waals surface area contributed by atoms with Crippen LogP contribution in [0.2, 0.25) is 5.02 Å². The van der Waals surface area contributed by atoms with Gasteiger partial charge in [-0.15, -0.1) is 0 Å². The highest BCUT2D eigenvalue weighted by atomic mass is 35.5. The number of carbonyl (C=O) groups is 1. The maximum absolute atomic E-state index is 11.9. The number of nitrogens with one attached hydrogen (secondary N) is 1. The van der Waals surface area contributed by atoms with E-state index in [-0.39, 0.29) is 12.5 Å². The van der Waals surface area contributed by atoms with Gasteiger partial charge in [0.2, 0.25) is 0 Å². The van der Waals surface area contributed by atoms with Crippen molar-refractivity contribution in [3.8, 4) is 16.9 Å². The summed E-state index contributed by atoms with van der Waals surface area (Å²) in [6.07, 6.45) is 6.72. The molecular formula is C18H15ClN2O3. The van der Waals surface area contributed by atoms with E-state index in [1.165, 1.54) is 0 Å². The van der Waals surface area contributed by atoms with Gasteiger partial charge in [-0.1, -0.05) is 11.6 Å². The van der Waals surface area contributed by atoms with Crippen molar-refractivity contribution in [3.63, 3.8) is 0 Å². The molecule has 6 heteroatoms. The highest BCUT2D eigenvalue weighted by Crippen LogP contribution is 2.19. The number of amides is 1. The summed E-state index contributed by atoms with van der Waals surface area (Å²) in [6, 6.07) is 10.7. The third kappa shape index (κ3) is 4.36. The van der Waals surface area contributed by atoms with E-state index in [0.717, 1.165) is 16.7 Å². The lowest BCUT2D eigenvalue weighted by molar-refractivity contribution is -0.123. The number of nitrogens with zero attached hydrogens (tertiary/aromatic N) is 1. The van der Waals surface area contributed by atoms with Crippen molar-refractivity contribution < 1.29 is 13.9 Å². The third-order valence-corrected chi connectivity index (χ3v) is 3.57. The summed E-state index contributed by atoms with van der Waals surface area (Å²) in [5.41, 5.74) is 2.78. The second-order valence-electron chi connectivity index (χ2n) is 5.11. The molecular weight excluding hydrogens is 328 g/mol. The van der Waals surface area contributed by atoms with Crippen molar-refractivity contribution in [2.75, 3.05) is 6.61 Å². The molecule has 1 N–H and O–H groups in total. The molecule has 0 bridgehead atoms. The fourth-order valence-corrected chi connectivity index (χ4v) is 2.23. The summed E-state index contributed by atoms with van der Waals surface area (Å²) < 4.78 is 10.5. The Labute approximate surface area is 144 Å². The number of halogens is 1. The minimum absolute atomic E-state index is 0.0590. The molecule has 3 rings (SSSR count). The van der Waals surface area contributed by atoms with E-state index >= 15 is 0 Å². The summed E-state index contributed by atoms with van der Waals surface area (Å²) in [7, 11) is 0. The standard InChI is InChI=1S/C18H15ClN2O3/c19-16-1-3-17(4-2-16)24-12-18(22)21-9-13-7-15(10-20-8-13)14-5-6-23-11-14/h1-8,10-11H,9,12H2,(H,21,22). The van der Waals surface area contributed by atoms with E-state index in [2.05, 4.69) is 10.3 Å². The molecule has 0 fully saturated rings. The molecule has 1 amide bonds. The number of furan rings is 1. The predicted octanol–water partition coefficient (Wildman–Crippen LogP) is 3.69. The number of hydrogen-bond donors (Lipinski definition) is 1. The monoisotopic (exact) mass is 342 g/mol. The molecule has 0 aliphatic heterocycles. The van der Waals surface area contributed by atoms with Crippen LogP contribution >= 0.6 is 11.6 Å².